The van der Waals surface area contributed by atoms with Crippen LogP contribution in [0.4, 0.5) is 0 Å². The number of hydrogen-bond acceptors (Lipinski definition) is 2. The fourth-order valence-electron chi connectivity index (χ4n) is 2.26. The molecule has 6 heteroatoms. The summed E-state index contributed by atoms with van der Waals surface area (Å²) in [5, 5.41) is 4.88. The minimum atomic E-state index is 0.699. The van der Waals surface area contributed by atoms with Gasteiger partial charge in [0.25, 0.3) is 0 Å². The van der Waals surface area contributed by atoms with E-state index in [-0.39, 0.29) is 0 Å². The topological polar surface area (TPSA) is 38.5 Å². The molecule has 0 aliphatic rings. The highest BCUT2D eigenvalue weighted by atomic mass is 35.5. The van der Waals surface area contributed by atoms with Crippen LogP contribution < -0.4 is 0 Å². The van der Waals surface area contributed by atoms with Crippen LogP contribution in [0, 0.1) is 4.77 Å². The van der Waals surface area contributed by atoms with Gasteiger partial charge in [0, 0.05) is 31.9 Å². The van der Waals surface area contributed by atoms with E-state index in [1.165, 1.54) is 5.69 Å². The summed E-state index contributed by atoms with van der Waals surface area (Å²) in [6.07, 6.45) is 2.67. The molecule has 2 heterocycles. The number of rotatable bonds is 3. The Labute approximate surface area is 120 Å². The number of imidazole rings is 1. The number of fused-ring (bicyclic) bond motifs is 1. The van der Waals surface area contributed by atoms with Gasteiger partial charge in [-0.15, -0.1) is 0 Å². The van der Waals surface area contributed by atoms with Crippen molar-refractivity contribution in [2.24, 2.45) is 7.05 Å². The normalized spacial score (nSPS) is 11.3. The van der Waals surface area contributed by atoms with Gasteiger partial charge in [0.1, 0.15) is 0 Å². The van der Waals surface area contributed by atoms with Crippen LogP contribution in [-0.4, -0.2) is 19.3 Å². The van der Waals surface area contributed by atoms with Crippen molar-refractivity contribution in [3.63, 3.8) is 0 Å². The number of halogens is 1. The van der Waals surface area contributed by atoms with E-state index in [4.69, 9.17) is 23.8 Å². The molecule has 0 fully saturated rings. The molecule has 0 aliphatic heterocycles. The van der Waals surface area contributed by atoms with Gasteiger partial charge >= 0.3 is 0 Å². The molecule has 0 atom stereocenters. The molecule has 1 N–H and O–H groups in total. The number of aromatic nitrogens is 4. The number of nitrogens with zero attached hydrogens (tertiary/aromatic N) is 3. The molecule has 0 spiro atoms. The standard InChI is InChI=1S/C13H13ClN4S/c1-17-9(5-7-15-17)6-8-18-12-10(14)3-2-4-11(12)16-13(18)19/h2-5,7H,6,8H2,1H3,(H,16,19). The van der Waals surface area contributed by atoms with E-state index in [9.17, 15) is 0 Å². The van der Waals surface area contributed by atoms with Crippen molar-refractivity contribution in [3.05, 3.63) is 45.9 Å². The summed E-state index contributed by atoms with van der Waals surface area (Å²) >= 11 is 11.6. The van der Waals surface area contributed by atoms with Crippen molar-refractivity contribution >= 4 is 34.9 Å². The molecular weight excluding hydrogens is 280 g/mol. The predicted molar refractivity (Wildman–Crippen MR) is 79.0 cm³/mol. The molecule has 4 nitrogen and oxygen atoms in total. The molecule has 3 rings (SSSR count). The Morgan fingerprint density at radius 2 is 2.21 bits per heavy atom. The van der Waals surface area contributed by atoms with Crippen LogP contribution in [0.1, 0.15) is 5.69 Å². The highest BCUT2D eigenvalue weighted by molar-refractivity contribution is 7.71. The van der Waals surface area contributed by atoms with E-state index in [0.29, 0.717) is 4.77 Å². The van der Waals surface area contributed by atoms with Gasteiger partial charge in [-0.25, -0.2) is 0 Å². The van der Waals surface area contributed by atoms with E-state index in [2.05, 4.69) is 10.1 Å². The third kappa shape index (κ3) is 2.19. The van der Waals surface area contributed by atoms with Gasteiger partial charge in [0.15, 0.2) is 4.77 Å². The highest BCUT2D eigenvalue weighted by Gasteiger charge is 2.08. The van der Waals surface area contributed by atoms with E-state index < -0.39 is 0 Å². The second kappa shape index (κ2) is 4.83. The average molecular weight is 293 g/mol. The fraction of sp³-hybridized carbons (Fsp3) is 0.231. The number of para-hydroxylation sites is 1. The number of aromatic amines is 1. The van der Waals surface area contributed by atoms with Crippen LogP contribution in [-0.2, 0) is 20.0 Å². The SMILES string of the molecule is Cn1nccc1CCn1c(=S)[nH]c2cccc(Cl)c21. The van der Waals surface area contributed by atoms with Gasteiger partial charge in [0.05, 0.1) is 16.1 Å². The summed E-state index contributed by atoms with van der Waals surface area (Å²) in [5.41, 5.74) is 3.11. The van der Waals surface area contributed by atoms with Crippen molar-refractivity contribution < 1.29 is 0 Å². The van der Waals surface area contributed by atoms with E-state index in [1.54, 1.807) is 6.20 Å². The summed E-state index contributed by atoms with van der Waals surface area (Å²) in [6, 6.07) is 7.80. The third-order valence-corrected chi connectivity index (χ3v) is 3.88. The van der Waals surface area contributed by atoms with Crippen molar-refractivity contribution in [2.75, 3.05) is 0 Å². The first-order chi connectivity index (χ1) is 9.16. The average Bonchev–Trinajstić information content (AvgIpc) is 2.91. The maximum atomic E-state index is 6.26. The highest BCUT2D eigenvalue weighted by Crippen LogP contribution is 2.23. The number of nitrogens with one attached hydrogen (secondary N) is 1. The van der Waals surface area contributed by atoms with Crippen molar-refractivity contribution in [1.29, 1.82) is 0 Å². The summed E-state index contributed by atoms with van der Waals surface area (Å²) < 4.78 is 4.62. The first-order valence-electron chi connectivity index (χ1n) is 6.01. The number of hydrogen-bond donors (Lipinski definition) is 1. The molecule has 0 radical (unpaired) electrons. The molecule has 1 aromatic carbocycles. The lowest BCUT2D eigenvalue weighted by Crippen LogP contribution is -2.05. The number of benzene rings is 1. The molecule has 98 valence electrons. The zero-order valence-corrected chi connectivity index (χ0v) is 12.0. The van der Waals surface area contributed by atoms with Gasteiger partial charge in [-0.2, -0.15) is 5.10 Å². The molecule has 0 saturated carbocycles. The lowest BCUT2D eigenvalue weighted by Gasteiger charge is -2.06. The second-order valence-electron chi connectivity index (χ2n) is 4.41. The van der Waals surface area contributed by atoms with Crippen LogP contribution >= 0.6 is 23.8 Å². The van der Waals surface area contributed by atoms with Gasteiger partial charge in [-0.05, 0) is 30.4 Å². The molecule has 0 aliphatic carbocycles. The van der Waals surface area contributed by atoms with Crippen LogP contribution in [0.15, 0.2) is 30.5 Å². The number of aryl methyl sites for hydroxylation is 3. The Balaban J connectivity index is 1.99. The Morgan fingerprint density at radius 1 is 1.37 bits per heavy atom. The molecule has 0 unspecified atom stereocenters. The third-order valence-electron chi connectivity index (χ3n) is 3.26. The molecule has 0 bridgehead atoms. The molecular formula is C13H13ClN4S. The molecule has 0 saturated heterocycles. The van der Waals surface area contributed by atoms with E-state index in [0.717, 1.165) is 29.0 Å². The quantitative estimate of drug-likeness (QED) is 0.752. The summed E-state index contributed by atoms with van der Waals surface area (Å²) in [5.74, 6) is 0. The minimum Gasteiger partial charge on any atom is -0.331 e. The Bertz CT molecular complexity index is 783. The van der Waals surface area contributed by atoms with E-state index >= 15 is 0 Å². The van der Waals surface area contributed by atoms with Crippen molar-refractivity contribution in [1.82, 2.24) is 19.3 Å². The zero-order valence-electron chi connectivity index (χ0n) is 10.4. The zero-order chi connectivity index (χ0) is 13.4. The van der Waals surface area contributed by atoms with Crippen molar-refractivity contribution in [2.45, 2.75) is 13.0 Å². The maximum absolute atomic E-state index is 6.26. The summed E-state index contributed by atoms with van der Waals surface area (Å²) in [7, 11) is 1.94. The Hall–Kier alpha value is -1.59. The van der Waals surface area contributed by atoms with Gasteiger partial charge < -0.3 is 9.55 Å². The molecule has 2 aromatic heterocycles. The number of H-pyrrole nitrogens is 1. The van der Waals surface area contributed by atoms with Crippen LogP contribution in [0.3, 0.4) is 0 Å². The van der Waals surface area contributed by atoms with Gasteiger partial charge in [-0.1, -0.05) is 17.7 Å². The van der Waals surface area contributed by atoms with E-state index in [1.807, 2.05) is 40.6 Å². The van der Waals surface area contributed by atoms with Crippen LogP contribution in [0.25, 0.3) is 11.0 Å². The van der Waals surface area contributed by atoms with Gasteiger partial charge in [-0.3, -0.25) is 4.68 Å². The second-order valence-corrected chi connectivity index (χ2v) is 5.21. The monoisotopic (exact) mass is 292 g/mol. The molecule has 3 aromatic rings. The maximum Gasteiger partial charge on any atom is 0.178 e. The first-order valence-corrected chi connectivity index (χ1v) is 6.79. The van der Waals surface area contributed by atoms with Gasteiger partial charge in [0.2, 0.25) is 0 Å². The van der Waals surface area contributed by atoms with Crippen LogP contribution in [0.2, 0.25) is 5.02 Å². The van der Waals surface area contributed by atoms with Crippen molar-refractivity contribution in [3.8, 4) is 0 Å². The predicted octanol–water partition coefficient (Wildman–Crippen LogP) is 3.33. The van der Waals surface area contributed by atoms with Crippen LogP contribution in [0.5, 0.6) is 0 Å². The minimum absolute atomic E-state index is 0.699. The fourth-order valence-corrected chi connectivity index (χ4v) is 2.83. The lowest BCUT2D eigenvalue weighted by molar-refractivity contribution is 0.642. The largest absolute Gasteiger partial charge is 0.331 e. The Kier molecular flexibility index (Phi) is 3.16. The Morgan fingerprint density at radius 3 is 2.95 bits per heavy atom. The smallest absolute Gasteiger partial charge is 0.178 e. The summed E-state index contributed by atoms with van der Waals surface area (Å²) in [6.45, 7) is 0.780. The lowest BCUT2D eigenvalue weighted by atomic mass is 10.3. The molecule has 19 heavy (non-hydrogen) atoms. The molecule has 0 amide bonds. The summed E-state index contributed by atoms with van der Waals surface area (Å²) in [4.78, 5) is 3.18. The first kappa shape index (κ1) is 12.4.